The number of hydrogen-bond donors (Lipinski definition) is 1. The second kappa shape index (κ2) is 6.33. The third-order valence-electron chi connectivity index (χ3n) is 2.70. The summed E-state index contributed by atoms with van der Waals surface area (Å²) in [5.41, 5.74) is 0.0383. The Morgan fingerprint density at radius 1 is 1.05 bits per heavy atom. The van der Waals surface area contributed by atoms with E-state index < -0.39 is 11.7 Å². The average molecular weight is 297 g/mol. The molecule has 0 amide bonds. The summed E-state index contributed by atoms with van der Waals surface area (Å²) in [5, 5.41) is 2.86. The Hall–Kier alpha value is -1.46. The molecule has 106 valence electrons. The van der Waals surface area contributed by atoms with Crippen LogP contribution in [0.3, 0.4) is 0 Å². The number of nitrogens with one attached hydrogen (secondary N) is 1. The van der Waals surface area contributed by atoms with E-state index in [-0.39, 0.29) is 4.90 Å². The number of benzene rings is 2. The summed E-state index contributed by atoms with van der Waals surface area (Å²) in [6.07, 6.45) is -4.35. The number of alkyl halides is 3. The molecule has 0 atom stereocenters. The molecule has 2 aromatic rings. The van der Waals surface area contributed by atoms with Gasteiger partial charge in [0.1, 0.15) is 0 Å². The second-order valence-corrected chi connectivity index (χ2v) is 5.39. The van der Waals surface area contributed by atoms with Gasteiger partial charge in [-0.3, -0.25) is 0 Å². The zero-order valence-corrected chi connectivity index (χ0v) is 11.7. The molecule has 0 aliphatic heterocycles. The first-order valence-corrected chi connectivity index (χ1v) is 6.90. The van der Waals surface area contributed by atoms with E-state index in [2.05, 4.69) is 5.32 Å². The summed E-state index contributed by atoms with van der Waals surface area (Å²) < 4.78 is 39.4. The van der Waals surface area contributed by atoms with Crippen molar-refractivity contribution in [1.29, 1.82) is 0 Å². The highest BCUT2D eigenvalue weighted by atomic mass is 32.2. The highest BCUT2D eigenvalue weighted by Crippen LogP contribution is 2.39. The van der Waals surface area contributed by atoms with Crippen LogP contribution in [-0.4, -0.2) is 7.05 Å². The van der Waals surface area contributed by atoms with Crippen LogP contribution in [0.4, 0.5) is 13.2 Å². The Labute approximate surface area is 120 Å². The van der Waals surface area contributed by atoms with Gasteiger partial charge in [-0.1, -0.05) is 36.0 Å². The molecule has 0 heterocycles. The fourth-order valence-corrected chi connectivity index (χ4v) is 2.79. The maximum absolute atomic E-state index is 13.1. The van der Waals surface area contributed by atoms with Crippen molar-refractivity contribution in [3.05, 3.63) is 59.7 Å². The van der Waals surface area contributed by atoms with E-state index in [1.165, 1.54) is 12.1 Å². The summed E-state index contributed by atoms with van der Waals surface area (Å²) >= 11 is 1.13. The third kappa shape index (κ3) is 3.77. The van der Waals surface area contributed by atoms with Crippen LogP contribution in [0.15, 0.2) is 58.3 Å². The monoisotopic (exact) mass is 297 g/mol. The Morgan fingerprint density at radius 2 is 1.75 bits per heavy atom. The van der Waals surface area contributed by atoms with Gasteiger partial charge in [-0.05, 0) is 36.9 Å². The van der Waals surface area contributed by atoms with Crippen LogP contribution in [-0.2, 0) is 12.7 Å². The summed E-state index contributed by atoms with van der Waals surface area (Å²) in [7, 11) is 1.71. The molecule has 20 heavy (non-hydrogen) atoms. The first-order valence-electron chi connectivity index (χ1n) is 6.08. The van der Waals surface area contributed by atoms with Crippen molar-refractivity contribution < 1.29 is 13.2 Å². The van der Waals surface area contributed by atoms with E-state index >= 15 is 0 Å². The average Bonchev–Trinajstić information content (AvgIpc) is 2.41. The lowest BCUT2D eigenvalue weighted by Gasteiger charge is -2.14. The summed E-state index contributed by atoms with van der Waals surface area (Å²) in [4.78, 5) is 1.02. The molecule has 2 rings (SSSR count). The lowest BCUT2D eigenvalue weighted by Crippen LogP contribution is -2.10. The highest BCUT2D eigenvalue weighted by molar-refractivity contribution is 7.99. The Balaban J connectivity index is 2.37. The van der Waals surface area contributed by atoms with Crippen molar-refractivity contribution in [2.45, 2.75) is 22.5 Å². The summed E-state index contributed by atoms with van der Waals surface area (Å²) in [5.74, 6) is 0. The lowest BCUT2D eigenvalue weighted by molar-refractivity contribution is -0.139. The molecular formula is C15H14F3NS. The smallest absolute Gasteiger partial charge is 0.316 e. The summed E-state index contributed by atoms with van der Waals surface area (Å²) in [6, 6.07) is 13.5. The van der Waals surface area contributed by atoms with Gasteiger partial charge in [0.25, 0.3) is 0 Å². The maximum atomic E-state index is 13.1. The maximum Gasteiger partial charge on any atom is 0.417 e. The molecule has 0 saturated carbocycles. The zero-order valence-electron chi connectivity index (χ0n) is 10.9. The predicted molar refractivity (Wildman–Crippen MR) is 74.8 cm³/mol. The van der Waals surface area contributed by atoms with Gasteiger partial charge in [-0.25, -0.2) is 0 Å². The first kappa shape index (κ1) is 14.9. The van der Waals surface area contributed by atoms with Crippen molar-refractivity contribution in [1.82, 2.24) is 5.32 Å². The van der Waals surface area contributed by atoms with Gasteiger partial charge in [0.05, 0.1) is 5.56 Å². The van der Waals surface area contributed by atoms with E-state index in [9.17, 15) is 13.2 Å². The quantitative estimate of drug-likeness (QED) is 0.886. The molecule has 1 N–H and O–H groups in total. The zero-order chi connectivity index (χ0) is 14.6. The van der Waals surface area contributed by atoms with Gasteiger partial charge < -0.3 is 5.32 Å². The molecule has 1 nitrogen and oxygen atoms in total. The first-order chi connectivity index (χ1) is 9.50. The molecule has 0 spiro atoms. The molecule has 0 aliphatic carbocycles. The van der Waals surface area contributed by atoms with Gasteiger partial charge in [-0.15, -0.1) is 0 Å². The standard InChI is InChI=1S/C15H14F3NS/c1-19-10-11-7-8-14(13(9-11)15(16,17)18)20-12-5-3-2-4-6-12/h2-9,19H,10H2,1H3. The van der Waals surface area contributed by atoms with E-state index in [0.29, 0.717) is 12.1 Å². The topological polar surface area (TPSA) is 12.0 Å². The van der Waals surface area contributed by atoms with Crippen LogP contribution in [0, 0.1) is 0 Å². The van der Waals surface area contributed by atoms with Crippen molar-refractivity contribution in [3.63, 3.8) is 0 Å². The molecule has 0 aromatic heterocycles. The second-order valence-electron chi connectivity index (χ2n) is 4.27. The Bertz CT molecular complexity index is 567. The van der Waals surface area contributed by atoms with Crippen molar-refractivity contribution in [2.24, 2.45) is 0 Å². The molecule has 0 radical (unpaired) electrons. The lowest BCUT2D eigenvalue weighted by atomic mass is 10.1. The van der Waals surface area contributed by atoms with E-state index in [4.69, 9.17) is 0 Å². The van der Waals surface area contributed by atoms with Gasteiger partial charge >= 0.3 is 6.18 Å². The van der Waals surface area contributed by atoms with Crippen molar-refractivity contribution >= 4 is 11.8 Å². The van der Waals surface area contributed by atoms with Gasteiger partial charge in [0, 0.05) is 16.3 Å². The number of halogens is 3. The molecular weight excluding hydrogens is 283 g/mol. The van der Waals surface area contributed by atoms with Crippen molar-refractivity contribution in [2.75, 3.05) is 7.05 Å². The molecule has 0 bridgehead atoms. The third-order valence-corrected chi connectivity index (χ3v) is 3.79. The van der Waals surface area contributed by atoms with Gasteiger partial charge in [0.15, 0.2) is 0 Å². The SMILES string of the molecule is CNCc1ccc(Sc2ccccc2)c(C(F)(F)F)c1. The van der Waals surface area contributed by atoms with Crippen LogP contribution < -0.4 is 5.32 Å². The highest BCUT2D eigenvalue weighted by Gasteiger charge is 2.33. The summed E-state index contributed by atoms with van der Waals surface area (Å²) in [6.45, 7) is 0.416. The van der Waals surface area contributed by atoms with Crippen LogP contribution in [0.2, 0.25) is 0 Å². The molecule has 2 aromatic carbocycles. The largest absolute Gasteiger partial charge is 0.417 e. The minimum Gasteiger partial charge on any atom is -0.316 e. The van der Waals surface area contributed by atoms with Crippen molar-refractivity contribution in [3.8, 4) is 0 Å². The van der Waals surface area contributed by atoms with E-state index in [0.717, 1.165) is 16.7 Å². The number of hydrogen-bond acceptors (Lipinski definition) is 2. The van der Waals surface area contributed by atoms with E-state index in [1.54, 1.807) is 25.2 Å². The molecule has 0 aliphatic rings. The van der Waals surface area contributed by atoms with E-state index in [1.807, 2.05) is 18.2 Å². The van der Waals surface area contributed by atoms with Gasteiger partial charge in [-0.2, -0.15) is 13.2 Å². The normalized spacial score (nSPS) is 11.6. The molecule has 0 unspecified atom stereocenters. The fraction of sp³-hybridized carbons (Fsp3) is 0.200. The van der Waals surface area contributed by atoms with Crippen LogP contribution in [0.1, 0.15) is 11.1 Å². The molecule has 0 fully saturated rings. The number of rotatable bonds is 4. The van der Waals surface area contributed by atoms with Gasteiger partial charge in [0.2, 0.25) is 0 Å². The fourth-order valence-electron chi connectivity index (χ4n) is 1.82. The Kier molecular flexibility index (Phi) is 4.73. The molecule has 0 saturated heterocycles. The Morgan fingerprint density at radius 3 is 2.35 bits per heavy atom. The predicted octanol–water partition coefficient (Wildman–Crippen LogP) is 4.58. The molecule has 5 heteroatoms. The minimum atomic E-state index is -4.35. The van der Waals surface area contributed by atoms with Crippen LogP contribution in [0.25, 0.3) is 0 Å². The van der Waals surface area contributed by atoms with Crippen LogP contribution in [0.5, 0.6) is 0 Å². The van der Waals surface area contributed by atoms with Crippen LogP contribution >= 0.6 is 11.8 Å². The minimum absolute atomic E-state index is 0.226.